The quantitative estimate of drug-likeness (QED) is 0.303. The molecule has 166 valence electrons. The standard InChI is InChI=1S/C8H16O4.C4H9NO2.C4H10O2.C2H6/c1-3-5(9)7(11)4(2)8(12)6(3)10;1-2-3(5)4(6)7;1-2-4(6)3-5;1-2/h3-12H,1-2H3;3H,2,5H2,1H3,(H,6,7);4-6H,2-3H2,1H3;1-2H3. The second-order valence-electron chi connectivity index (χ2n) is 6.28. The number of hydrogen-bond donors (Lipinski definition) is 8. The Bertz CT molecular complexity index is 296. The van der Waals surface area contributed by atoms with Crippen molar-refractivity contribution in [2.75, 3.05) is 6.61 Å². The van der Waals surface area contributed by atoms with Crippen molar-refractivity contribution in [2.24, 2.45) is 17.6 Å². The highest BCUT2D eigenvalue weighted by Gasteiger charge is 2.44. The molecule has 1 fully saturated rings. The Labute approximate surface area is 162 Å². The second kappa shape index (κ2) is 17.3. The van der Waals surface area contributed by atoms with Crippen LogP contribution in [0.2, 0.25) is 0 Å². The Morgan fingerprint density at radius 2 is 1.19 bits per heavy atom. The Kier molecular flexibility index (Phi) is 19.8. The van der Waals surface area contributed by atoms with E-state index in [4.69, 9.17) is 21.1 Å². The van der Waals surface area contributed by atoms with Gasteiger partial charge < -0.3 is 41.5 Å². The summed E-state index contributed by atoms with van der Waals surface area (Å²) in [5, 5.41) is 62.1. The highest BCUT2D eigenvalue weighted by Crippen LogP contribution is 2.29. The predicted octanol–water partition coefficient (Wildman–Crippen LogP) is -0.700. The van der Waals surface area contributed by atoms with Crippen LogP contribution in [0, 0.1) is 11.8 Å². The zero-order valence-corrected chi connectivity index (χ0v) is 17.4. The van der Waals surface area contributed by atoms with Crippen LogP contribution in [0.15, 0.2) is 0 Å². The summed E-state index contributed by atoms with van der Waals surface area (Å²) in [5.41, 5.74) is 5.02. The maximum absolute atomic E-state index is 9.81. The van der Waals surface area contributed by atoms with Crippen molar-refractivity contribution in [3.63, 3.8) is 0 Å². The van der Waals surface area contributed by atoms with E-state index < -0.39 is 54.4 Å². The van der Waals surface area contributed by atoms with E-state index in [0.29, 0.717) is 12.8 Å². The van der Waals surface area contributed by atoms with Gasteiger partial charge in [-0.05, 0) is 12.8 Å². The van der Waals surface area contributed by atoms with Crippen molar-refractivity contribution in [3.8, 4) is 0 Å². The molecule has 9 N–H and O–H groups in total. The molecule has 9 heteroatoms. The van der Waals surface area contributed by atoms with Gasteiger partial charge >= 0.3 is 5.97 Å². The lowest BCUT2D eigenvalue weighted by atomic mass is 9.75. The largest absolute Gasteiger partial charge is 0.480 e. The van der Waals surface area contributed by atoms with E-state index in [9.17, 15) is 25.2 Å². The molecule has 0 heterocycles. The van der Waals surface area contributed by atoms with Gasteiger partial charge in [-0.2, -0.15) is 0 Å². The number of nitrogens with two attached hydrogens (primary N) is 1. The van der Waals surface area contributed by atoms with Gasteiger partial charge in [0.15, 0.2) is 0 Å². The van der Waals surface area contributed by atoms with Gasteiger partial charge in [-0.15, -0.1) is 0 Å². The van der Waals surface area contributed by atoms with Crippen LogP contribution in [0.5, 0.6) is 0 Å². The number of carboxylic acids is 1. The van der Waals surface area contributed by atoms with E-state index in [1.54, 1.807) is 20.8 Å². The molecule has 1 aliphatic rings. The molecule has 0 spiro atoms. The van der Waals surface area contributed by atoms with Gasteiger partial charge in [-0.3, -0.25) is 4.79 Å². The Morgan fingerprint density at radius 1 is 0.889 bits per heavy atom. The van der Waals surface area contributed by atoms with Crippen LogP contribution in [0.1, 0.15) is 54.4 Å². The highest BCUT2D eigenvalue weighted by atomic mass is 16.4. The smallest absolute Gasteiger partial charge is 0.320 e. The monoisotopic (exact) mass is 399 g/mol. The molecule has 1 aliphatic carbocycles. The molecule has 0 aliphatic heterocycles. The minimum absolute atomic E-state index is 0.115. The van der Waals surface area contributed by atoms with Crippen LogP contribution >= 0.6 is 0 Å². The molecule has 9 nitrogen and oxygen atoms in total. The van der Waals surface area contributed by atoms with Crippen LogP contribution < -0.4 is 5.73 Å². The molecule has 6 atom stereocenters. The number of aliphatic carboxylic acids is 1. The minimum atomic E-state index is -0.946. The fraction of sp³-hybridized carbons (Fsp3) is 0.944. The zero-order valence-electron chi connectivity index (χ0n) is 17.4. The fourth-order valence-corrected chi connectivity index (χ4v) is 1.95. The minimum Gasteiger partial charge on any atom is -0.480 e. The molecule has 0 radical (unpaired) electrons. The maximum Gasteiger partial charge on any atom is 0.320 e. The first-order valence-electron chi connectivity index (χ1n) is 9.45. The van der Waals surface area contributed by atoms with Crippen LogP contribution in [0.3, 0.4) is 0 Å². The maximum atomic E-state index is 9.81. The van der Waals surface area contributed by atoms with Crippen molar-refractivity contribution in [3.05, 3.63) is 0 Å². The topological polar surface area (TPSA) is 185 Å². The van der Waals surface area contributed by atoms with Gasteiger partial charge in [-0.1, -0.05) is 41.5 Å². The Hall–Kier alpha value is -0.810. The number of carbonyl (C=O) groups is 1. The van der Waals surface area contributed by atoms with Crippen LogP contribution in [-0.4, -0.2) is 84.9 Å². The average Bonchev–Trinajstić information content (AvgIpc) is 2.70. The van der Waals surface area contributed by atoms with Crippen molar-refractivity contribution in [2.45, 2.75) is 90.9 Å². The summed E-state index contributed by atoms with van der Waals surface area (Å²) < 4.78 is 0. The molecule has 27 heavy (non-hydrogen) atoms. The Balaban J connectivity index is -0.000000331. The van der Waals surface area contributed by atoms with E-state index in [1.165, 1.54) is 0 Å². The van der Waals surface area contributed by atoms with E-state index in [-0.39, 0.29) is 6.61 Å². The summed E-state index contributed by atoms with van der Waals surface area (Å²) in [6.45, 7) is 10.7. The van der Waals surface area contributed by atoms with Crippen molar-refractivity contribution in [1.29, 1.82) is 0 Å². The molecule has 0 saturated heterocycles. The number of rotatable bonds is 4. The van der Waals surface area contributed by atoms with Crippen LogP contribution in [-0.2, 0) is 4.79 Å². The molecular formula is C18H41NO8. The summed E-state index contributed by atoms with van der Waals surface area (Å²) in [5.74, 6) is -1.89. The summed E-state index contributed by atoms with van der Waals surface area (Å²) in [4.78, 5) is 9.81. The molecule has 0 aromatic carbocycles. The summed E-state index contributed by atoms with van der Waals surface area (Å²) in [6.07, 6.45) is -3.16. The van der Waals surface area contributed by atoms with E-state index in [2.05, 4.69) is 0 Å². The number of aliphatic hydroxyl groups is 6. The molecule has 6 unspecified atom stereocenters. The molecule has 1 saturated carbocycles. The number of aliphatic hydroxyl groups excluding tert-OH is 6. The number of hydrogen-bond acceptors (Lipinski definition) is 8. The van der Waals surface area contributed by atoms with E-state index in [0.717, 1.165) is 0 Å². The van der Waals surface area contributed by atoms with Gasteiger partial charge in [-0.25, -0.2) is 0 Å². The summed E-state index contributed by atoms with van der Waals surface area (Å²) >= 11 is 0. The first-order chi connectivity index (χ1) is 12.5. The van der Waals surface area contributed by atoms with E-state index in [1.807, 2.05) is 20.8 Å². The third kappa shape index (κ3) is 12.3. The first-order valence-corrected chi connectivity index (χ1v) is 9.45. The molecule has 1 rings (SSSR count). The lowest BCUT2D eigenvalue weighted by Crippen LogP contribution is -2.56. The zero-order chi connectivity index (χ0) is 22.3. The molecule has 0 aromatic rings. The second-order valence-corrected chi connectivity index (χ2v) is 6.28. The summed E-state index contributed by atoms with van der Waals surface area (Å²) in [7, 11) is 0. The SMILES string of the molecule is CC.CC1C(O)C(O)C(C)C(O)C1O.CCC(N)C(=O)O.CCC(O)CO. The van der Waals surface area contributed by atoms with Gasteiger partial charge in [0.2, 0.25) is 0 Å². The molecule has 0 aromatic heterocycles. The van der Waals surface area contributed by atoms with Crippen molar-refractivity contribution < 1.29 is 40.5 Å². The molecule has 0 bridgehead atoms. The third-order valence-electron chi connectivity index (χ3n) is 4.29. The normalized spacial score (nSPS) is 31.6. The Morgan fingerprint density at radius 3 is 1.26 bits per heavy atom. The van der Waals surface area contributed by atoms with Gasteiger partial charge in [0, 0.05) is 11.8 Å². The molecule has 0 amide bonds. The predicted molar refractivity (Wildman–Crippen MR) is 103 cm³/mol. The van der Waals surface area contributed by atoms with E-state index >= 15 is 0 Å². The van der Waals surface area contributed by atoms with Gasteiger partial charge in [0.25, 0.3) is 0 Å². The van der Waals surface area contributed by atoms with Crippen molar-refractivity contribution >= 4 is 5.97 Å². The van der Waals surface area contributed by atoms with Crippen molar-refractivity contribution in [1.82, 2.24) is 0 Å². The van der Waals surface area contributed by atoms with Gasteiger partial charge in [0.05, 0.1) is 37.1 Å². The summed E-state index contributed by atoms with van der Waals surface area (Å²) in [6, 6.07) is -0.681. The van der Waals surface area contributed by atoms with Crippen LogP contribution in [0.4, 0.5) is 0 Å². The lowest BCUT2D eigenvalue weighted by Gasteiger charge is -2.41. The lowest BCUT2D eigenvalue weighted by molar-refractivity contribution is -0.170. The molecular weight excluding hydrogens is 358 g/mol. The number of carboxylic acid groups (broad SMARTS) is 1. The van der Waals surface area contributed by atoms with Crippen LogP contribution in [0.25, 0.3) is 0 Å². The third-order valence-corrected chi connectivity index (χ3v) is 4.29. The highest BCUT2D eigenvalue weighted by molar-refractivity contribution is 5.72. The fourth-order valence-electron chi connectivity index (χ4n) is 1.95. The van der Waals surface area contributed by atoms with Gasteiger partial charge in [0.1, 0.15) is 6.04 Å². The first kappa shape index (κ1) is 30.9. The average molecular weight is 400 g/mol.